The Labute approximate surface area is 163 Å². The van der Waals surface area contributed by atoms with Gasteiger partial charge in [0.2, 0.25) is 11.5 Å². The summed E-state index contributed by atoms with van der Waals surface area (Å²) in [5.41, 5.74) is 2.16. The number of benzene rings is 2. The molecule has 0 aliphatic heterocycles. The van der Waals surface area contributed by atoms with Crippen molar-refractivity contribution in [2.24, 2.45) is 0 Å². The van der Waals surface area contributed by atoms with E-state index in [1.165, 1.54) is 11.8 Å². The second-order valence-corrected chi connectivity index (χ2v) is 7.81. The van der Waals surface area contributed by atoms with Gasteiger partial charge in [0.25, 0.3) is 15.6 Å². The van der Waals surface area contributed by atoms with Crippen LogP contribution in [0.2, 0.25) is 0 Å². The first kappa shape index (κ1) is 19.8. The third kappa shape index (κ3) is 4.85. The number of amides is 1. The number of nitrogens with zero attached hydrogens (tertiary/aromatic N) is 2. The Bertz CT molecular complexity index is 1100. The van der Waals surface area contributed by atoms with Gasteiger partial charge in [0.1, 0.15) is 0 Å². The minimum atomic E-state index is -4.03. The minimum absolute atomic E-state index is 0.156. The van der Waals surface area contributed by atoms with Crippen molar-refractivity contribution < 1.29 is 26.7 Å². The average Bonchev–Trinajstić information content (AvgIpc) is 2.99. The van der Waals surface area contributed by atoms with Gasteiger partial charge in [-0.2, -0.15) is 13.0 Å². The molecular weight excluding hydrogens is 380 g/mol. The van der Waals surface area contributed by atoms with E-state index >= 15 is 0 Å². The number of hydrogen-bond acceptors (Lipinski definition) is 4. The van der Waals surface area contributed by atoms with Gasteiger partial charge in [0.15, 0.2) is 6.54 Å². The predicted molar refractivity (Wildman–Crippen MR) is 106 cm³/mol. The van der Waals surface area contributed by atoms with Gasteiger partial charge in [-0.3, -0.25) is 14.2 Å². The Morgan fingerprint density at radius 2 is 1.82 bits per heavy atom. The largest absolute Gasteiger partial charge is 0.398 e. The van der Waals surface area contributed by atoms with Crippen LogP contribution in [0.3, 0.4) is 0 Å². The number of para-hydroxylation sites is 3. The van der Waals surface area contributed by atoms with Crippen molar-refractivity contribution in [1.29, 1.82) is 0 Å². The molecule has 0 fully saturated rings. The van der Waals surface area contributed by atoms with Gasteiger partial charge in [0.05, 0.1) is 11.8 Å². The molecule has 1 N–H and O–H groups in total. The summed E-state index contributed by atoms with van der Waals surface area (Å²) in [6, 6.07) is 16.6. The lowest BCUT2D eigenvalue weighted by Gasteiger charge is -2.15. The van der Waals surface area contributed by atoms with Crippen molar-refractivity contribution in [3.8, 4) is 0 Å². The maximum absolute atomic E-state index is 12.0. The van der Waals surface area contributed by atoms with Crippen molar-refractivity contribution in [2.45, 2.75) is 19.9 Å². The van der Waals surface area contributed by atoms with Crippen molar-refractivity contribution in [1.82, 2.24) is 0 Å². The highest BCUT2D eigenvalue weighted by Gasteiger charge is 2.21. The van der Waals surface area contributed by atoms with E-state index < -0.39 is 10.1 Å². The molecule has 3 rings (SSSR count). The molecular formula is C20H21N2O5S+. The summed E-state index contributed by atoms with van der Waals surface area (Å²) in [7, 11) is -4.03. The minimum Gasteiger partial charge on any atom is -0.398 e. The van der Waals surface area contributed by atoms with Gasteiger partial charge in [-0.05, 0) is 18.2 Å². The second-order valence-electron chi connectivity index (χ2n) is 6.24. The molecule has 0 aliphatic carbocycles. The smallest absolute Gasteiger partial charge is 0.375 e. The second kappa shape index (κ2) is 8.37. The molecule has 0 radical (unpaired) electrons. The lowest BCUT2D eigenvalue weighted by Crippen LogP contribution is -2.36. The monoisotopic (exact) mass is 401 g/mol. The molecule has 146 valence electrons. The summed E-state index contributed by atoms with van der Waals surface area (Å²) in [5.74, 6) is -0.0260. The lowest BCUT2D eigenvalue weighted by atomic mass is 10.3. The lowest BCUT2D eigenvalue weighted by molar-refractivity contribution is -0.677. The molecule has 0 saturated carbocycles. The number of carbonyl (C=O) groups is 1. The van der Waals surface area contributed by atoms with Crippen LogP contribution in [0.4, 0.5) is 5.69 Å². The zero-order chi connectivity index (χ0) is 20.1. The van der Waals surface area contributed by atoms with E-state index in [2.05, 4.69) is 0 Å². The molecule has 3 aromatic rings. The van der Waals surface area contributed by atoms with Gasteiger partial charge >= 0.3 is 5.89 Å². The van der Waals surface area contributed by atoms with E-state index in [-0.39, 0.29) is 18.1 Å². The summed E-state index contributed by atoms with van der Waals surface area (Å²) >= 11 is 0. The Kier molecular flexibility index (Phi) is 5.91. The summed E-state index contributed by atoms with van der Waals surface area (Å²) in [6.45, 7) is 1.80. The molecule has 0 spiro atoms. The van der Waals surface area contributed by atoms with Crippen LogP contribution in [0.25, 0.3) is 17.2 Å². The van der Waals surface area contributed by atoms with Gasteiger partial charge in [-0.1, -0.05) is 30.3 Å². The van der Waals surface area contributed by atoms with Crippen LogP contribution in [0, 0.1) is 0 Å². The Morgan fingerprint density at radius 3 is 2.50 bits per heavy atom. The first-order chi connectivity index (χ1) is 13.3. The van der Waals surface area contributed by atoms with E-state index in [0.29, 0.717) is 18.0 Å². The molecule has 7 nitrogen and oxygen atoms in total. The van der Waals surface area contributed by atoms with E-state index in [0.717, 1.165) is 11.2 Å². The number of hydrogen-bond donors (Lipinski definition) is 1. The number of aryl methyl sites for hydroxylation is 1. The number of anilines is 1. The molecule has 0 saturated heterocycles. The van der Waals surface area contributed by atoms with E-state index in [9.17, 15) is 13.2 Å². The number of oxazole rings is 1. The summed E-state index contributed by atoms with van der Waals surface area (Å²) in [4.78, 5) is 13.5. The van der Waals surface area contributed by atoms with Crippen molar-refractivity contribution in [3.63, 3.8) is 0 Å². The molecule has 1 heterocycles. The van der Waals surface area contributed by atoms with Gasteiger partial charge in [0, 0.05) is 31.3 Å². The van der Waals surface area contributed by atoms with Gasteiger partial charge < -0.3 is 4.42 Å². The van der Waals surface area contributed by atoms with Crippen LogP contribution >= 0.6 is 0 Å². The number of aromatic nitrogens is 1. The van der Waals surface area contributed by atoms with Crippen LogP contribution in [0.5, 0.6) is 0 Å². The van der Waals surface area contributed by atoms with Crippen molar-refractivity contribution in [2.75, 3.05) is 10.7 Å². The molecule has 1 amide bonds. The van der Waals surface area contributed by atoms with Gasteiger partial charge in [-0.25, -0.2) is 0 Å². The first-order valence-electron chi connectivity index (χ1n) is 8.75. The summed E-state index contributed by atoms with van der Waals surface area (Å²) < 4.78 is 38.7. The Morgan fingerprint density at radius 1 is 1.14 bits per heavy atom. The molecule has 0 atom stereocenters. The quantitative estimate of drug-likeness (QED) is 0.485. The maximum atomic E-state index is 12.0. The third-order valence-electron chi connectivity index (χ3n) is 4.16. The molecule has 2 aromatic carbocycles. The van der Waals surface area contributed by atoms with Crippen molar-refractivity contribution in [3.05, 3.63) is 66.7 Å². The molecule has 0 aliphatic rings. The molecule has 28 heavy (non-hydrogen) atoms. The Balaban J connectivity index is 1.94. The fraction of sp³-hybridized carbons (Fsp3) is 0.200. The SMILES string of the molecule is CC(=O)N(/C=C/c1oc2ccccc2[n+]1CCCS(=O)(=O)O)c1ccccc1. The summed E-state index contributed by atoms with van der Waals surface area (Å²) in [5, 5.41) is 0. The van der Waals surface area contributed by atoms with Gasteiger partial charge in [-0.15, -0.1) is 0 Å². The molecule has 8 heteroatoms. The normalized spacial score (nSPS) is 11.9. The Hall–Kier alpha value is -2.97. The maximum Gasteiger partial charge on any atom is 0.375 e. The van der Waals surface area contributed by atoms with E-state index in [1.54, 1.807) is 12.3 Å². The van der Waals surface area contributed by atoms with Crippen LogP contribution in [-0.4, -0.2) is 24.6 Å². The highest BCUT2D eigenvalue weighted by Crippen LogP contribution is 2.18. The standard InChI is InChI=1S/C20H20N2O5S/c1-16(23)21(17-8-3-2-4-9-17)14-12-20-22(13-7-15-28(24,25)26)18-10-5-6-11-19(18)27-20/h2-6,8-12,14H,7,13,15H2,1H3/p+1. The van der Waals surface area contributed by atoms with Crippen LogP contribution in [-0.2, 0) is 21.5 Å². The topological polar surface area (TPSA) is 91.7 Å². The predicted octanol–water partition coefficient (Wildman–Crippen LogP) is 3.02. The number of rotatable bonds is 7. The fourth-order valence-electron chi connectivity index (χ4n) is 2.91. The number of carbonyl (C=O) groups excluding carboxylic acids is 1. The third-order valence-corrected chi connectivity index (χ3v) is 4.97. The van der Waals surface area contributed by atoms with Crippen LogP contribution in [0.1, 0.15) is 19.2 Å². The fourth-order valence-corrected chi connectivity index (χ4v) is 3.41. The average molecular weight is 401 g/mol. The zero-order valence-electron chi connectivity index (χ0n) is 15.4. The van der Waals surface area contributed by atoms with E-state index in [1.807, 2.05) is 59.2 Å². The first-order valence-corrected chi connectivity index (χ1v) is 10.4. The molecule has 1 aromatic heterocycles. The highest BCUT2D eigenvalue weighted by molar-refractivity contribution is 7.85. The zero-order valence-corrected chi connectivity index (χ0v) is 16.2. The molecule has 0 bridgehead atoms. The van der Waals surface area contributed by atoms with E-state index in [4.69, 9.17) is 8.97 Å². The summed E-state index contributed by atoms with van der Waals surface area (Å²) in [6.07, 6.45) is 3.51. The molecule has 0 unspecified atom stereocenters. The van der Waals surface area contributed by atoms with Crippen molar-refractivity contribution >= 4 is 38.9 Å². The highest BCUT2D eigenvalue weighted by atomic mass is 32.2. The van der Waals surface area contributed by atoms with Crippen LogP contribution in [0.15, 0.2) is 65.2 Å². The van der Waals surface area contributed by atoms with Crippen LogP contribution < -0.4 is 9.47 Å². The number of fused-ring (bicyclic) bond motifs is 1.